The van der Waals surface area contributed by atoms with Crippen LogP contribution in [-0.2, 0) is 12.7 Å². The highest BCUT2D eigenvalue weighted by atomic mass is 19.4. The van der Waals surface area contributed by atoms with E-state index in [-0.39, 0.29) is 6.04 Å². The van der Waals surface area contributed by atoms with Crippen molar-refractivity contribution >= 4 is 0 Å². The van der Waals surface area contributed by atoms with Crippen LogP contribution in [0.1, 0.15) is 28.3 Å². The molecule has 1 nitrogen and oxygen atoms in total. The second-order valence-corrected chi connectivity index (χ2v) is 5.95. The van der Waals surface area contributed by atoms with Gasteiger partial charge in [0, 0.05) is 12.7 Å². The van der Waals surface area contributed by atoms with E-state index in [1.165, 1.54) is 5.56 Å². The minimum absolute atomic E-state index is 0.0708. The van der Waals surface area contributed by atoms with Gasteiger partial charge in [-0.2, -0.15) is 13.2 Å². The molecule has 0 bridgehead atoms. The maximum Gasteiger partial charge on any atom is 0.416 e. The van der Waals surface area contributed by atoms with E-state index in [1.807, 2.05) is 31.4 Å². The molecule has 0 aromatic heterocycles. The van der Waals surface area contributed by atoms with Crippen LogP contribution < -0.4 is 0 Å². The summed E-state index contributed by atoms with van der Waals surface area (Å²) in [6.07, 6.45) is 3.53. The largest absolute Gasteiger partial charge is 0.416 e. The zero-order valence-electron chi connectivity index (χ0n) is 13.3. The van der Waals surface area contributed by atoms with Gasteiger partial charge in [-0.05, 0) is 36.3 Å². The molecule has 0 radical (unpaired) electrons. The van der Waals surface area contributed by atoms with Crippen molar-refractivity contribution in [3.63, 3.8) is 0 Å². The van der Waals surface area contributed by atoms with Crippen LogP contribution in [0, 0.1) is 6.92 Å². The smallest absolute Gasteiger partial charge is 0.363 e. The molecule has 1 unspecified atom stereocenters. The molecule has 1 heterocycles. The van der Waals surface area contributed by atoms with Gasteiger partial charge in [0.05, 0.1) is 11.6 Å². The zero-order valence-corrected chi connectivity index (χ0v) is 13.3. The standard InChI is InChI=1S/C20H18F3N/c1-15-5-7-16(8-6-15)14-24-13-3-2-4-19(24)17-9-11-18(12-10-17)20(21,22)23/h2-13,19H,14H2,1H3. The number of aryl methyl sites for hydroxylation is 1. The van der Waals surface area contributed by atoms with E-state index >= 15 is 0 Å². The Hall–Kier alpha value is -2.49. The summed E-state index contributed by atoms with van der Waals surface area (Å²) in [7, 11) is 0. The molecular formula is C20H18F3N. The molecular weight excluding hydrogens is 311 g/mol. The number of nitrogens with zero attached hydrogens (tertiary/aromatic N) is 1. The summed E-state index contributed by atoms with van der Waals surface area (Å²) in [5.74, 6) is 0. The Kier molecular flexibility index (Phi) is 4.47. The van der Waals surface area contributed by atoms with Gasteiger partial charge in [0.1, 0.15) is 0 Å². The Morgan fingerprint density at radius 2 is 1.58 bits per heavy atom. The molecule has 1 atom stereocenters. The van der Waals surface area contributed by atoms with Gasteiger partial charge in [-0.3, -0.25) is 0 Å². The minimum atomic E-state index is -4.30. The lowest BCUT2D eigenvalue weighted by Crippen LogP contribution is -2.23. The van der Waals surface area contributed by atoms with Crippen LogP contribution in [0.4, 0.5) is 13.2 Å². The fourth-order valence-corrected chi connectivity index (χ4v) is 2.76. The van der Waals surface area contributed by atoms with Crippen LogP contribution in [-0.4, -0.2) is 4.90 Å². The predicted molar refractivity (Wildman–Crippen MR) is 89.2 cm³/mol. The molecule has 0 aliphatic carbocycles. The van der Waals surface area contributed by atoms with E-state index in [0.29, 0.717) is 6.54 Å². The second kappa shape index (κ2) is 6.56. The second-order valence-electron chi connectivity index (χ2n) is 5.95. The molecule has 124 valence electrons. The Labute approximate surface area is 139 Å². The summed E-state index contributed by atoms with van der Waals surface area (Å²) >= 11 is 0. The van der Waals surface area contributed by atoms with Gasteiger partial charge >= 0.3 is 6.18 Å². The lowest BCUT2D eigenvalue weighted by atomic mass is 10.0. The van der Waals surface area contributed by atoms with Crippen LogP contribution in [0.5, 0.6) is 0 Å². The quantitative estimate of drug-likeness (QED) is 0.704. The first-order valence-corrected chi connectivity index (χ1v) is 7.77. The number of halogens is 3. The van der Waals surface area contributed by atoms with Gasteiger partial charge in [-0.25, -0.2) is 0 Å². The summed E-state index contributed by atoms with van der Waals surface area (Å²) in [4.78, 5) is 2.12. The Morgan fingerprint density at radius 3 is 2.21 bits per heavy atom. The van der Waals surface area contributed by atoms with E-state index in [0.717, 1.165) is 23.3 Å². The third-order valence-corrected chi connectivity index (χ3v) is 4.10. The molecule has 0 saturated heterocycles. The van der Waals surface area contributed by atoms with Gasteiger partial charge in [0.25, 0.3) is 0 Å². The molecule has 2 aromatic rings. The average Bonchev–Trinajstić information content (AvgIpc) is 2.57. The number of hydrogen-bond acceptors (Lipinski definition) is 1. The number of benzene rings is 2. The summed E-state index contributed by atoms with van der Waals surface area (Å²) < 4.78 is 38.2. The summed E-state index contributed by atoms with van der Waals surface area (Å²) in [6, 6.07) is 13.6. The number of rotatable bonds is 3. The van der Waals surface area contributed by atoms with Crippen molar-refractivity contribution in [2.45, 2.75) is 25.7 Å². The maximum absolute atomic E-state index is 12.7. The van der Waals surface area contributed by atoms with E-state index in [4.69, 9.17) is 0 Å². The summed E-state index contributed by atoms with van der Waals surface area (Å²) in [5, 5.41) is 0. The van der Waals surface area contributed by atoms with Crippen molar-refractivity contribution in [2.75, 3.05) is 0 Å². The lowest BCUT2D eigenvalue weighted by molar-refractivity contribution is -0.137. The molecule has 0 fully saturated rings. The monoisotopic (exact) mass is 329 g/mol. The van der Waals surface area contributed by atoms with Crippen molar-refractivity contribution in [3.05, 3.63) is 95.2 Å². The normalized spacial score (nSPS) is 17.3. The van der Waals surface area contributed by atoms with E-state index in [1.54, 1.807) is 12.1 Å². The van der Waals surface area contributed by atoms with Crippen molar-refractivity contribution in [2.24, 2.45) is 0 Å². The van der Waals surface area contributed by atoms with Gasteiger partial charge in [0.2, 0.25) is 0 Å². The maximum atomic E-state index is 12.7. The Morgan fingerprint density at radius 1 is 0.917 bits per heavy atom. The van der Waals surface area contributed by atoms with Crippen LogP contribution in [0.15, 0.2) is 73.0 Å². The van der Waals surface area contributed by atoms with E-state index in [2.05, 4.69) is 29.2 Å². The van der Waals surface area contributed by atoms with Crippen molar-refractivity contribution in [3.8, 4) is 0 Å². The molecule has 1 aliphatic rings. The van der Waals surface area contributed by atoms with Crippen LogP contribution in [0.25, 0.3) is 0 Å². The van der Waals surface area contributed by atoms with Crippen molar-refractivity contribution < 1.29 is 13.2 Å². The first-order chi connectivity index (χ1) is 11.4. The molecule has 2 aromatic carbocycles. The minimum Gasteiger partial charge on any atom is -0.363 e. The SMILES string of the molecule is Cc1ccc(CN2C=CC=CC2c2ccc(C(F)(F)F)cc2)cc1. The molecule has 0 amide bonds. The molecule has 0 spiro atoms. The molecule has 1 aliphatic heterocycles. The van der Waals surface area contributed by atoms with Crippen molar-refractivity contribution in [1.82, 2.24) is 4.90 Å². The van der Waals surface area contributed by atoms with E-state index < -0.39 is 11.7 Å². The highest BCUT2D eigenvalue weighted by Crippen LogP contribution is 2.32. The van der Waals surface area contributed by atoms with Gasteiger partial charge < -0.3 is 4.90 Å². The third kappa shape index (κ3) is 3.70. The van der Waals surface area contributed by atoms with Gasteiger partial charge in [0.15, 0.2) is 0 Å². The van der Waals surface area contributed by atoms with Gasteiger partial charge in [-0.15, -0.1) is 0 Å². The lowest BCUT2D eigenvalue weighted by Gasteiger charge is -2.31. The van der Waals surface area contributed by atoms with Crippen LogP contribution >= 0.6 is 0 Å². The van der Waals surface area contributed by atoms with Crippen LogP contribution in [0.3, 0.4) is 0 Å². The fourth-order valence-electron chi connectivity index (χ4n) is 2.76. The molecule has 0 N–H and O–H groups in total. The number of allylic oxidation sites excluding steroid dienone is 2. The number of hydrogen-bond donors (Lipinski definition) is 0. The summed E-state index contributed by atoms with van der Waals surface area (Å²) in [6.45, 7) is 2.74. The average molecular weight is 329 g/mol. The Balaban J connectivity index is 1.81. The van der Waals surface area contributed by atoms with Gasteiger partial charge in [-0.1, -0.05) is 54.1 Å². The highest BCUT2D eigenvalue weighted by molar-refractivity contribution is 5.32. The molecule has 24 heavy (non-hydrogen) atoms. The topological polar surface area (TPSA) is 3.24 Å². The molecule has 0 saturated carbocycles. The molecule has 4 heteroatoms. The Bertz CT molecular complexity index is 740. The fraction of sp³-hybridized carbons (Fsp3) is 0.200. The van der Waals surface area contributed by atoms with Crippen molar-refractivity contribution in [1.29, 1.82) is 0 Å². The summed E-state index contributed by atoms with van der Waals surface area (Å²) in [5.41, 5.74) is 2.59. The molecule has 3 rings (SSSR count). The first kappa shape index (κ1) is 16.4. The third-order valence-electron chi connectivity index (χ3n) is 4.10. The van der Waals surface area contributed by atoms with Crippen LogP contribution in [0.2, 0.25) is 0 Å². The predicted octanol–water partition coefficient (Wildman–Crippen LogP) is 5.64. The first-order valence-electron chi connectivity index (χ1n) is 7.77. The van der Waals surface area contributed by atoms with E-state index in [9.17, 15) is 13.2 Å². The number of alkyl halides is 3. The zero-order chi connectivity index (χ0) is 17.2. The highest BCUT2D eigenvalue weighted by Gasteiger charge is 2.30.